The van der Waals surface area contributed by atoms with E-state index in [0.717, 1.165) is 6.54 Å². The second kappa shape index (κ2) is 5.05. The Morgan fingerprint density at radius 2 is 2.12 bits per heavy atom. The fraction of sp³-hybridized carbons (Fsp3) is 1.00. The zero-order valence-electron chi connectivity index (χ0n) is 11.1. The maximum Gasteiger partial charge on any atom is 0.0585 e. The van der Waals surface area contributed by atoms with Gasteiger partial charge < -0.3 is 10.1 Å². The highest BCUT2D eigenvalue weighted by atomic mass is 16.5. The third-order valence-corrected chi connectivity index (χ3v) is 4.47. The Labute approximate surface area is 100 Å². The van der Waals surface area contributed by atoms with Gasteiger partial charge in [0, 0.05) is 6.04 Å². The molecule has 2 aliphatic rings. The van der Waals surface area contributed by atoms with Gasteiger partial charge in [0.15, 0.2) is 0 Å². The zero-order chi connectivity index (χ0) is 11.6. The van der Waals surface area contributed by atoms with Gasteiger partial charge in [-0.15, -0.1) is 0 Å². The van der Waals surface area contributed by atoms with Crippen molar-refractivity contribution in [2.24, 2.45) is 5.41 Å². The summed E-state index contributed by atoms with van der Waals surface area (Å²) in [4.78, 5) is 0. The Morgan fingerprint density at radius 1 is 1.38 bits per heavy atom. The summed E-state index contributed by atoms with van der Waals surface area (Å²) < 4.78 is 5.96. The molecule has 1 aliphatic carbocycles. The molecule has 1 saturated heterocycles. The van der Waals surface area contributed by atoms with Gasteiger partial charge in [-0.25, -0.2) is 0 Å². The van der Waals surface area contributed by atoms with Crippen molar-refractivity contribution in [1.82, 2.24) is 5.32 Å². The van der Waals surface area contributed by atoms with Crippen LogP contribution >= 0.6 is 0 Å². The molecular formula is C14H27NO. The second-order valence-electron chi connectivity index (χ2n) is 5.89. The van der Waals surface area contributed by atoms with Gasteiger partial charge in [-0.3, -0.25) is 0 Å². The van der Waals surface area contributed by atoms with Crippen LogP contribution in [0.3, 0.4) is 0 Å². The van der Waals surface area contributed by atoms with Crippen LogP contribution in [0.2, 0.25) is 0 Å². The van der Waals surface area contributed by atoms with Crippen molar-refractivity contribution in [2.45, 2.75) is 77.5 Å². The number of nitrogens with one attached hydrogen (secondary N) is 1. The van der Waals surface area contributed by atoms with Crippen molar-refractivity contribution < 1.29 is 4.74 Å². The molecule has 0 radical (unpaired) electrons. The summed E-state index contributed by atoms with van der Waals surface area (Å²) in [5.74, 6) is 0. The van der Waals surface area contributed by atoms with E-state index in [1.807, 2.05) is 0 Å². The Balaban J connectivity index is 1.79. The van der Waals surface area contributed by atoms with Crippen LogP contribution in [0.4, 0.5) is 0 Å². The van der Waals surface area contributed by atoms with E-state index < -0.39 is 0 Å². The van der Waals surface area contributed by atoms with E-state index in [1.165, 1.54) is 38.5 Å². The SMILES string of the molecule is CCCNC(C)C1(CC2CCC(C)O2)CC1. The lowest BCUT2D eigenvalue weighted by Gasteiger charge is -2.27. The fourth-order valence-electron chi connectivity index (χ4n) is 3.04. The van der Waals surface area contributed by atoms with Gasteiger partial charge >= 0.3 is 0 Å². The minimum Gasteiger partial charge on any atom is -0.375 e. The first-order valence-corrected chi connectivity index (χ1v) is 7.05. The predicted octanol–water partition coefficient (Wildman–Crippen LogP) is 3.11. The Hall–Kier alpha value is -0.0800. The normalized spacial score (nSPS) is 33.9. The van der Waals surface area contributed by atoms with Crippen molar-refractivity contribution in [3.8, 4) is 0 Å². The minimum absolute atomic E-state index is 0.500. The summed E-state index contributed by atoms with van der Waals surface area (Å²) in [5, 5.41) is 3.66. The average Bonchev–Trinajstić information content (AvgIpc) is 2.93. The lowest BCUT2D eigenvalue weighted by Crippen LogP contribution is -2.37. The lowest BCUT2D eigenvalue weighted by molar-refractivity contribution is 0.0337. The van der Waals surface area contributed by atoms with Crippen molar-refractivity contribution >= 4 is 0 Å². The van der Waals surface area contributed by atoms with Crippen LogP contribution in [-0.2, 0) is 4.74 Å². The van der Waals surface area contributed by atoms with Gasteiger partial charge in [-0.1, -0.05) is 6.92 Å². The molecule has 1 aliphatic heterocycles. The molecule has 3 atom stereocenters. The maximum atomic E-state index is 5.96. The van der Waals surface area contributed by atoms with Crippen LogP contribution in [0.25, 0.3) is 0 Å². The molecule has 0 aromatic carbocycles. The molecule has 1 saturated carbocycles. The number of hydrogen-bond acceptors (Lipinski definition) is 2. The van der Waals surface area contributed by atoms with Crippen LogP contribution in [-0.4, -0.2) is 24.8 Å². The Kier molecular flexibility index (Phi) is 3.91. The Morgan fingerprint density at radius 3 is 2.62 bits per heavy atom. The van der Waals surface area contributed by atoms with E-state index in [2.05, 4.69) is 26.1 Å². The summed E-state index contributed by atoms with van der Waals surface area (Å²) in [5.41, 5.74) is 0.573. The third kappa shape index (κ3) is 2.78. The predicted molar refractivity (Wildman–Crippen MR) is 67.6 cm³/mol. The van der Waals surface area contributed by atoms with Crippen LogP contribution in [0.5, 0.6) is 0 Å². The first-order chi connectivity index (χ1) is 7.66. The quantitative estimate of drug-likeness (QED) is 0.750. The van der Waals surface area contributed by atoms with Gasteiger partial charge in [0.2, 0.25) is 0 Å². The zero-order valence-corrected chi connectivity index (χ0v) is 11.1. The molecule has 94 valence electrons. The molecule has 1 N–H and O–H groups in total. The Bertz CT molecular complexity index is 225. The molecule has 0 spiro atoms. The van der Waals surface area contributed by atoms with Crippen molar-refractivity contribution in [1.29, 1.82) is 0 Å². The molecule has 0 bridgehead atoms. The van der Waals surface area contributed by atoms with E-state index in [9.17, 15) is 0 Å². The van der Waals surface area contributed by atoms with Crippen LogP contribution in [0.1, 0.15) is 59.3 Å². The van der Waals surface area contributed by atoms with E-state index in [4.69, 9.17) is 4.74 Å². The molecule has 16 heavy (non-hydrogen) atoms. The van der Waals surface area contributed by atoms with Crippen LogP contribution in [0.15, 0.2) is 0 Å². The molecule has 0 aromatic rings. The van der Waals surface area contributed by atoms with Gasteiger partial charge in [0.1, 0.15) is 0 Å². The summed E-state index contributed by atoms with van der Waals surface area (Å²) in [6.07, 6.45) is 8.91. The molecule has 2 nitrogen and oxygen atoms in total. The van der Waals surface area contributed by atoms with E-state index in [0.29, 0.717) is 23.7 Å². The smallest absolute Gasteiger partial charge is 0.0585 e. The molecule has 2 fully saturated rings. The highest BCUT2D eigenvalue weighted by Gasteiger charge is 2.49. The van der Waals surface area contributed by atoms with Crippen molar-refractivity contribution in [2.75, 3.05) is 6.54 Å². The van der Waals surface area contributed by atoms with Crippen LogP contribution < -0.4 is 5.32 Å². The highest BCUT2D eigenvalue weighted by Crippen LogP contribution is 2.53. The van der Waals surface area contributed by atoms with Gasteiger partial charge in [0.25, 0.3) is 0 Å². The standard InChI is InChI=1S/C14H27NO/c1-4-9-15-12(3)14(7-8-14)10-13-6-5-11(2)16-13/h11-13,15H,4-10H2,1-3H3. The topological polar surface area (TPSA) is 21.3 Å². The number of hydrogen-bond donors (Lipinski definition) is 1. The highest BCUT2D eigenvalue weighted by molar-refractivity contribution is 5.02. The fourth-order valence-corrected chi connectivity index (χ4v) is 3.04. The maximum absolute atomic E-state index is 5.96. The lowest BCUT2D eigenvalue weighted by atomic mass is 9.90. The number of rotatable bonds is 6. The second-order valence-corrected chi connectivity index (χ2v) is 5.89. The van der Waals surface area contributed by atoms with E-state index in [-0.39, 0.29) is 0 Å². The van der Waals surface area contributed by atoms with Gasteiger partial charge in [-0.2, -0.15) is 0 Å². The third-order valence-electron chi connectivity index (χ3n) is 4.47. The van der Waals surface area contributed by atoms with E-state index in [1.54, 1.807) is 0 Å². The molecule has 0 amide bonds. The molecule has 1 heterocycles. The molecule has 2 heteroatoms. The van der Waals surface area contributed by atoms with Crippen molar-refractivity contribution in [3.63, 3.8) is 0 Å². The molecular weight excluding hydrogens is 198 g/mol. The first kappa shape index (κ1) is 12.4. The van der Waals surface area contributed by atoms with Crippen molar-refractivity contribution in [3.05, 3.63) is 0 Å². The van der Waals surface area contributed by atoms with Gasteiger partial charge in [-0.05, 0) is 64.3 Å². The number of ether oxygens (including phenoxy) is 1. The summed E-state index contributed by atoms with van der Waals surface area (Å²) in [7, 11) is 0. The minimum atomic E-state index is 0.500. The van der Waals surface area contributed by atoms with Gasteiger partial charge in [0.05, 0.1) is 12.2 Å². The summed E-state index contributed by atoms with van der Waals surface area (Å²) in [6, 6.07) is 0.673. The van der Waals surface area contributed by atoms with Crippen LogP contribution in [0, 0.1) is 5.41 Å². The van der Waals surface area contributed by atoms with E-state index >= 15 is 0 Å². The molecule has 0 aromatic heterocycles. The summed E-state index contributed by atoms with van der Waals surface area (Å²) >= 11 is 0. The average molecular weight is 225 g/mol. The first-order valence-electron chi connectivity index (χ1n) is 7.05. The molecule has 2 rings (SSSR count). The monoisotopic (exact) mass is 225 g/mol. The largest absolute Gasteiger partial charge is 0.375 e. The summed E-state index contributed by atoms with van der Waals surface area (Å²) in [6.45, 7) is 7.96. The molecule has 3 unspecified atom stereocenters.